The Bertz CT molecular complexity index is 600. The average molecular weight is 272 g/mol. The molecule has 3 rings (SSSR count). The monoisotopic (exact) mass is 272 g/mol. The highest BCUT2D eigenvalue weighted by molar-refractivity contribution is 5.92. The van der Waals surface area contributed by atoms with E-state index in [0.29, 0.717) is 0 Å². The number of fused-ring (bicyclic) bond motifs is 1. The SMILES string of the molecule is CN1CCN(c2cncc3c2ccn3C(C)(C)C)CC1. The number of hydrogen-bond acceptors (Lipinski definition) is 3. The minimum absolute atomic E-state index is 0.0875. The van der Waals surface area contributed by atoms with E-state index in [0.717, 1.165) is 26.2 Å². The minimum atomic E-state index is 0.0875. The van der Waals surface area contributed by atoms with E-state index in [1.807, 2.05) is 12.4 Å². The van der Waals surface area contributed by atoms with Crippen molar-refractivity contribution in [1.82, 2.24) is 14.5 Å². The molecule has 0 N–H and O–H groups in total. The largest absolute Gasteiger partial charge is 0.367 e. The summed E-state index contributed by atoms with van der Waals surface area (Å²) in [6, 6.07) is 2.23. The first kappa shape index (κ1) is 13.4. The zero-order valence-corrected chi connectivity index (χ0v) is 12.9. The fraction of sp³-hybridized carbons (Fsp3) is 0.562. The predicted octanol–water partition coefficient (Wildman–Crippen LogP) is 2.54. The molecule has 1 aliphatic heterocycles. The Kier molecular flexibility index (Phi) is 3.21. The van der Waals surface area contributed by atoms with E-state index < -0.39 is 0 Å². The lowest BCUT2D eigenvalue weighted by Crippen LogP contribution is -2.44. The van der Waals surface area contributed by atoms with Crippen molar-refractivity contribution in [3.05, 3.63) is 24.7 Å². The maximum Gasteiger partial charge on any atom is 0.0692 e. The fourth-order valence-corrected chi connectivity index (χ4v) is 2.93. The molecule has 0 spiro atoms. The molecule has 0 saturated carbocycles. The van der Waals surface area contributed by atoms with Crippen LogP contribution in [0.4, 0.5) is 5.69 Å². The van der Waals surface area contributed by atoms with E-state index in [9.17, 15) is 0 Å². The molecule has 4 nitrogen and oxygen atoms in total. The van der Waals surface area contributed by atoms with Gasteiger partial charge in [-0.1, -0.05) is 0 Å². The van der Waals surface area contributed by atoms with Gasteiger partial charge >= 0.3 is 0 Å². The molecule has 1 saturated heterocycles. The summed E-state index contributed by atoms with van der Waals surface area (Å²) in [5.74, 6) is 0. The summed E-state index contributed by atoms with van der Waals surface area (Å²) in [6.45, 7) is 11.1. The van der Waals surface area contributed by atoms with Gasteiger partial charge in [-0.3, -0.25) is 4.98 Å². The number of piperazine rings is 1. The molecule has 0 radical (unpaired) electrons. The van der Waals surface area contributed by atoms with Gasteiger partial charge in [0.1, 0.15) is 0 Å². The van der Waals surface area contributed by atoms with Crippen LogP contribution in [0.2, 0.25) is 0 Å². The Hall–Kier alpha value is -1.55. The van der Waals surface area contributed by atoms with Crippen LogP contribution in [-0.2, 0) is 5.54 Å². The van der Waals surface area contributed by atoms with E-state index >= 15 is 0 Å². The summed E-state index contributed by atoms with van der Waals surface area (Å²) in [5.41, 5.74) is 2.59. The van der Waals surface area contributed by atoms with Gasteiger partial charge in [0.25, 0.3) is 0 Å². The van der Waals surface area contributed by atoms with Crippen LogP contribution in [0.1, 0.15) is 20.8 Å². The standard InChI is InChI=1S/C16H24N4/c1-16(2,3)20-6-5-13-14(11-17-12-15(13)20)19-9-7-18(4)8-10-19/h5-6,11-12H,7-10H2,1-4H3. The lowest BCUT2D eigenvalue weighted by molar-refractivity contribution is 0.313. The number of pyridine rings is 1. The lowest BCUT2D eigenvalue weighted by Gasteiger charge is -2.34. The number of anilines is 1. The van der Waals surface area contributed by atoms with E-state index in [4.69, 9.17) is 0 Å². The van der Waals surface area contributed by atoms with Crippen molar-refractivity contribution in [3.63, 3.8) is 0 Å². The predicted molar refractivity (Wildman–Crippen MR) is 84.4 cm³/mol. The minimum Gasteiger partial charge on any atom is -0.367 e. The molecule has 108 valence electrons. The zero-order valence-electron chi connectivity index (χ0n) is 12.9. The highest BCUT2D eigenvalue weighted by Gasteiger charge is 2.20. The van der Waals surface area contributed by atoms with Crippen molar-refractivity contribution in [2.45, 2.75) is 26.3 Å². The molecule has 0 unspecified atom stereocenters. The number of nitrogens with zero attached hydrogens (tertiary/aromatic N) is 4. The molecule has 0 aliphatic carbocycles. The molecule has 20 heavy (non-hydrogen) atoms. The maximum atomic E-state index is 4.48. The average Bonchev–Trinajstić information content (AvgIpc) is 2.83. The Morgan fingerprint density at radius 2 is 1.75 bits per heavy atom. The second-order valence-corrected chi connectivity index (χ2v) is 6.74. The van der Waals surface area contributed by atoms with Crippen LogP contribution < -0.4 is 4.90 Å². The van der Waals surface area contributed by atoms with Gasteiger partial charge < -0.3 is 14.4 Å². The van der Waals surface area contributed by atoms with Crippen LogP contribution in [0.15, 0.2) is 24.7 Å². The van der Waals surface area contributed by atoms with Gasteiger partial charge in [0.2, 0.25) is 0 Å². The van der Waals surface area contributed by atoms with Gasteiger partial charge in [-0.25, -0.2) is 0 Å². The van der Waals surface area contributed by atoms with E-state index in [1.54, 1.807) is 0 Å². The molecule has 3 heterocycles. The van der Waals surface area contributed by atoms with Gasteiger partial charge in [-0.05, 0) is 33.9 Å². The second kappa shape index (κ2) is 4.77. The number of rotatable bonds is 1. The van der Waals surface area contributed by atoms with Crippen LogP contribution in [-0.4, -0.2) is 47.7 Å². The van der Waals surface area contributed by atoms with Crippen LogP contribution >= 0.6 is 0 Å². The summed E-state index contributed by atoms with van der Waals surface area (Å²) < 4.78 is 2.31. The summed E-state index contributed by atoms with van der Waals surface area (Å²) in [6.07, 6.45) is 6.19. The smallest absolute Gasteiger partial charge is 0.0692 e. The molecule has 0 aromatic carbocycles. The summed E-state index contributed by atoms with van der Waals surface area (Å²) in [7, 11) is 2.19. The van der Waals surface area contributed by atoms with E-state index in [1.165, 1.54) is 16.6 Å². The number of hydrogen-bond donors (Lipinski definition) is 0. The van der Waals surface area contributed by atoms with Gasteiger partial charge in [-0.2, -0.15) is 0 Å². The van der Waals surface area contributed by atoms with E-state index in [-0.39, 0.29) is 5.54 Å². The first-order chi connectivity index (χ1) is 9.47. The molecule has 1 fully saturated rings. The first-order valence-electron chi connectivity index (χ1n) is 7.36. The van der Waals surface area contributed by atoms with Crippen LogP contribution in [0.5, 0.6) is 0 Å². The molecular weight excluding hydrogens is 248 g/mol. The highest BCUT2D eigenvalue weighted by atomic mass is 15.3. The molecule has 2 aromatic rings. The quantitative estimate of drug-likeness (QED) is 0.797. The van der Waals surface area contributed by atoms with Crippen LogP contribution in [0.25, 0.3) is 10.9 Å². The third-order valence-electron chi connectivity index (χ3n) is 4.16. The Labute approximate surface area is 121 Å². The Morgan fingerprint density at radius 1 is 1.05 bits per heavy atom. The Balaban J connectivity index is 2.03. The molecule has 1 aliphatic rings. The van der Waals surface area contributed by atoms with Crippen LogP contribution in [0.3, 0.4) is 0 Å². The van der Waals surface area contributed by atoms with Crippen molar-refractivity contribution in [2.75, 3.05) is 38.1 Å². The molecule has 0 bridgehead atoms. The molecular formula is C16H24N4. The second-order valence-electron chi connectivity index (χ2n) is 6.74. The third-order valence-corrected chi connectivity index (χ3v) is 4.16. The molecule has 0 atom stereocenters. The Morgan fingerprint density at radius 3 is 2.40 bits per heavy atom. The van der Waals surface area contributed by atoms with Gasteiger partial charge in [0.05, 0.1) is 23.6 Å². The van der Waals surface area contributed by atoms with Crippen molar-refractivity contribution in [3.8, 4) is 0 Å². The van der Waals surface area contributed by atoms with E-state index in [2.05, 4.69) is 59.4 Å². The molecule has 0 amide bonds. The highest BCUT2D eigenvalue weighted by Crippen LogP contribution is 2.30. The summed E-state index contributed by atoms with van der Waals surface area (Å²) >= 11 is 0. The van der Waals surface area contributed by atoms with Crippen LogP contribution in [0, 0.1) is 0 Å². The fourth-order valence-electron chi connectivity index (χ4n) is 2.93. The first-order valence-corrected chi connectivity index (χ1v) is 7.36. The van der Waals surface area contributed by atoms with Crippen molar-refractivity contribution >= 4 is 16.6 Å². The summed E-state index contributed by atoms with van der Waals surface area (Å²) in [5, 5.41) is 1.32. The van der Waals surface area contributed by atoms with Crippen molar-refractivity contribution in [2.24, 2.45) is 0 Å². The number of likely N-dealkylation sites (N-methyl/N-ethyl adjacent to an activating group) is 1. The molecule has 2 aromatic heterocycles. The normalized spacial score (nSPS) is 17.9. The third kappa shape index (κ3) is 2.29. The topological polar surface area (TPSA) is 24.3 Å². The van der Waals surface area contributed by atoms with Crippen molar-refractivity contribution < 1.29 is 0 Å². The van der Waals surface area contributed by atoms with Gasteiger partial charge in [0.15, 0.2) is 0 Å². The van der Waals surface area contributed by atoms with Gasteiger partial charge in [-0.15, -0.1) is 0 Å². The summed E-state index contributed by atoms with van der Waals surface area (Å²) in [4.78, 5) is 9.32. The molecule has 4 heteroatoms. The maximum absolute atomic E-state index is 4.48. The van der Waals surface area contributed by atoms with Crippen molar-refractivity contribution in [1.29, 1.82) is 0 Å². The zero-order chi connectivity index (χ0) is 14.3. The lowest BCUT2D eigenvalue weighted by atomic mass is 10.1. The number of aromatic nitrogens is 2. The van der Waals surface area contributed by atoms with Gasteiger partial charge in [0, 0.05) is 43.3 Å².